The smallest absolute Gasteiger partial charge is 0.0351 e. The Morgan fingerprint density at radius 3 is 0.522 bits per heavy atom. The minimum Gasteiger partial charge on any atom is -0.388 e. The summed E-state index contributed by atoms with van der Waals surface area (Å²) in [6, 6.07) is 24.0. The van der Waals surface area contributed by atoms with Gasteiger partial charge < -0.3 is 9.47 Å². The van der Waals surface area contributed by atoms with Gasteiger partial charge in [0.05, 0.1) is 0 Å². The standard InChI is InChI=1S/2C6H6.C3H8.2C2H6O.C2H6/c2*1-2-4-6-5-3-1;3*1-3-2;1-2/h2*1-6H;3H2,1-2H3;2*1-2H3;1-2H3. The molecular formula is C21H38O2. The van der Waals surface area contributed by atoms with Gasteiger partial charge in [0.2, 0.25) is 0 Å². The fraction of sp³-hybridized carbons (Fsp3) is 0.429. The zero-order valence-corrected chi connectivity index (χ0v) is 16.5. The molecule has 0 atom stereocenters. The van der Waals surface area contributed by atoms with E-state index in [0.29, 0.717) is 0 Å². The van der Waals surface area contributed by atoms with Crippen LogP contribution in [0.3, 0.4) is 0 Å². The Labute approximate surface area is 145 Å². The Kier molecular flexibility index (Phi) is 54.6. The van der Waals surface area contributed by atoms with Crippen LogP contribution in [0, 0.1) is 0 Å². The normalized spacial score (nSPS) is 6.78. The van der Waals surface area contributed by atoms with Crippen LogP contribution in [0.4, 0.5) is 0 Å². The van der Waals surface area contributed by atoms with E-state index in [0.717, 1.165) is 0 Å². The van der Waals surface area contributed by atoms with Gasteiger partial charge >= 0.3 is 0 Å². The van der Waals surface area contributed by atoms with Crippen LogP contribution in [0.1, 0.15) is 34.1 Å². The predicted molar refractivity (Wildman–Crippen MR) is 106 cm³/mol. The molecule has 0 saturated carbocycles. The van der Waals surface area contributed by atoms with Crippen LogP contribution in [-0.4, -0.2) is 28.4 Å². The molecule has 0 fully saturated rings. The van der Waals surface area contributed by atoms with Gasteiger partial charge in [-0.2, -0.15) is 0 Å². The average molecular weight is 323 g/mol. The van der Waals surface area contributed by atoms with E-state index in [1.807, 2.05) is 86.6 Å². The van der Waals surface area contributed by atoms with Crippen molar-refractivity contribution in [2.24, 2.45) is 0 Å². The zero-order valence-electron chi connectivity index (χ0n) is 16.5. The van der Waals surface area contributed by atoms with Gasteiger partial charge in [-0.15, -0.1) is 0 Å². The van der Waals surface area contributed by atoms with E-state index in [1.165, 1.54) is 6.42 Å². The Balaban J connectivity index is -0.000000100. The molecular weight excluding hydrogens is 284 g/mol. The summed E-state index contributed by atoms with van der Waals surface area (Å²) in [4.78, 5) is 0. The highest BCUT2D eigenvalue weighted by Crippen LogP contribution is 1.80. The molecule has 0 aliphatic carbocycles. The lowest BCUT2D eigenvalue weighted by Gasteiger charge is -1.69. The van der Waals surface area contributed by atoms with Crippen LogP contribution in [0.5, 0.6) is 0 Å². The Morgan fingerprint density at radius 2 is 0.478 bits per heavy atom. The highest BCUT2D eigenvalue weighted by molar-refractivity contribution is 4.99. The number of methoxy groups -OCH3 is 2. The fourth-order valence-corrected chi connectivity index (χ4v) is 0.770. The van der Waals surface area contributed by atoms with Crippen LogP contribution in [-0.2, 0) is 9.47 Å². The zero-order chi connectivity index (χ0) is 18.6. The summed E-state index contributed by atoms with van der Waals surface area (Å²) in [7, 11) is 6.50. The van der Waals surface area contributed by atoms with Crippen molar-refractivity contribution in [1.29, 1.82) is 0 Å². The molecule has 0 amide bonds. The van der Waals surface area contributed by atoms with Gasteiger partial charge in [-0.3, -0.25) is 0 Å². The molecule has 0 saturated heterocycles. The maximum Gasteiger partial charge on any atom is 0.0351 e. The van der Waals surface area contributed by atoms with Gasteiger partial charge in [-0.1, -0.05) is 107 Å². The number of hydrogen-bond acceptors (Lipinski definition) is 2. The van der Waals surface area contributed by atoms with Crippen molar-refractivity contribution >= 4 is 0 Å². The molecule has 2 aromatic rings. The van der Waals surface area contributed by atoms with Crippen molar-refractivity contribution in [3.8, 4) is 0 Å². The van der Waals surface area contributed by atoms with E-state index in [4.69, 9.17) is 0 Å². The first-order valence-corrected chi connectivity index (χ1v) is 8.05. The van der Waals surface area contributed by atoms with E-state index < -0.39 is 0 Å². The summed E-state index contributed by atoms with van der Waals surface area (Å²) in [6.45, 7) is 8.25. The van der Waals surface area contributed by atoms with E-state index >= 15 is 0 Å². The van der Waals surface area contributed by atoms with E-state index in [2.05, 4.69) is 23.3 Å². The molecule has 0 spiro atoms. The number of rotatable bonds is 0. The summed E-state index contributed by atoms with van der Waals surface area (Å²) in [5.41, 5.74) is 0. The van der Waals surface area contributed by atoms with E-state index in [1.54, 1.807) is 28.4 Å². The molecule has 0 aromatic heterocycles. The number of ether oxygens (including phenoxy) is 2. The monoisotopic (exact) mass is 322 g/mol. The second-order valence-electron chi connectivity index (χ2n) is 3.83. The van der Waals surface area contributed by atoms with Gasteiger partial charge in [0.25, 0.3) is 0 Å². The Hall–Kier alpha value is -1.64. The molecule has 2 rings (SSSR count). The molecule has 0 bridgehead atoms. The lowest BCUT2D eigenvalue weighted by atomic mass is 10.4. The summed E-state index contributed by atoms with van der Waals surface area (Å²) in [5, 5.41) is 0. The van der Waals surface area contributed by atoms with Crippen molar-refractivity contribution < 1.29 is 9.47 Å². The van der Waals surface area contributed by atoms with Gasteiger partial charge in [-0.25, -0.2) is 0 Å². The molecule has 2 nitrogen and oxygen atoms in total. The lowest BCUT2D eigenvalue weighted by Crippen LogP contribution is -1.55. The summed E-state index contributed by atoms with van der Waals surface area (Å²) < 4.78 is 8.50. The molecule has 0 aliphatic rings. The summed E-state index contributed by atoms with van der Waals surface area (Å²) >= 11 is 0. The van der Waals surface area contributed by atoms with E-state index in [9.17, 15) is 0 Å². The van der Waals surface area contributed by atoms with Crippen molar-refractivity contribution in [3.63, 3.8) is 0 Å². The minimum absolute atomic E-state index is 1.25. The molecule has 0 aliphatic heterocycles. The summed E-state index contributed by atoms with van der Waals surface area (Å²) in [6.07, 6.45) is 1.25. The van der Waals surface area contributed by atoms with Gasteiger partial charge in [-0.05, 0) is 0 Å². The number of benzene rings is 2. The first-order chi connectivity index (χ1) is 11.2. The molecule has 134 valence electrons. The van der Waals surface area contributed by atoms with Crippen molar-refractivity contribution in [2.45, 2.75) is 34.1 Å². The first-order valence-electron chi connectivity index (χ1n) is 8.05. The Bertz CT molecular complexity index is 219. The Morgan fingerprint density at radius 1 is 0.435 bits per heavy atom. The summed E-state index contributed by atoms with van der Waals surface area (Å²) in [5.74, 6) is 0. The molecule has 0 unspecified atom stereocenters. The maximum absolute atomic E-state index is 4.25. The first kappa shape index (κ1) is 29.4. The van der Waals surface area contributed by atoms with E-state index in [-0.39, 0.29) is 0 Å². The average Bonchev–Trinajstić information content (AvgIpc) is 2.62. The highest BCUT2D eigenvalue weighted by atomic mass is 16.5. The molecule has 0 radical (unpaired) electrons. The topological polar surface area (TPSA) is 18.5 Å². The predicted octanol–water partition coefficient (Wildman–Crippen LogP) is 6.34. The highest BCUT2D eigenvalue weighted by Gasteiger charge is 1.58. The second-order valence-corrected chi connectivity index (χ2v) is 3.83. The third kappa shape index (κ3) is 63.9. The van der Waals surface area contributed by atoms with Crippen LogP contribution < -0.4 is 0 Å². The van der Waals surface area contributed by atoms with Crippen molar-refractivity contribution in [2.75, 3.05) is 28.4 Å². The third-order valence-electron chi connectivity index (χ3n) is 1.33. The second kappa shape index (κ2) is 42.8. The lowest BCUT2D eigenvalue weighted by molar-refractivity contribution is 0.277. The van der Waals surface area contributed by atoms with Crippen LogP contribution in [0.25, 0.3) is 0 Å². The quantitative estimate of drug-likeness (QED) is 0.563. The number of hydrogen-bond donors (Lipinski definition) is 0. The molecule has 0 N–H and O–H groups in total. The molecule has 0 heterocycles. The third-order valence-corrected chi connectivity index (χ3v) is 1.33. The van der Waals surface area contributed by atoms with Crippen LogP contribution in [0.2, 0.25) is 0 Å². The van der Waals surface area contributed by atoms with Gasteiger partial charge in [0.15, 0.2) is 0 Å². The fourth-order valence-electron chi connectivity index (χ4n) is 0.770. The SMILES string of the molecule is CC.CCC.COC.COC.c1ccccc1.c1ccccc1. The van der Waals surface area contributed by atoms with Crippen molar-refractivity contribution in [1.82, 2.24) is 0 Å². The van der Waals surface area contributed by atoms with Crippen LogP contribution in [0.15, 0.2) is 72.8 Å². The van der Waals surface area contributed by atoms with Gasteiger partial charge in [0, 0.05) is 28.4 Å². The molecule has 23 heavy (non-hydrogen) atoms. The van der Waals surface area contributed by atoms with Crippen LogP contribution >= 0.6 is 0 Å². The largest absolute Gasteiger partial charge is 0.388 e. The molecule has 2 aromatic carbocycles. The van der Waals surface area contributed by atoms with Gasteiger partial charge in [0.1, 0.15) is 0 Å². The van der Waals surface area contributed by atoms with Crippen molar-refractivity contribution in [3.05, 3.63) is 72.8 Å². The molecule has 2 heteroatoms. The maximum atomic E-state index is 4.25. The minimum atomic E-state index is 1.25.